The fraction of sp³-hybridized carbons (Fsp3) is 0.625. The summed E-state index contributed by atoms with van der Waals surface area (Å²) in [5.41, 5.74) is 0.411. The first kappa shape index (κ1) is 21.8. The molecule has 1 saturated carbocycles. The van der Waals surface area contributed by atoms with Crippen molar-refractivity contribution in [2.45, 2.75) is 52.1 Å². The van der Waals surface area contributed by atoms with Gasteiger partial charge in [0, 0.05) is 26.2 Å². The van der Waals surface area contributed by atoms with Gasteiger partial charge < -0.3 is 5.32 Å². The molecule has 1 aromatic carbocycles. The van der Waals surface area contributed by atoms with Crippen LogP contribution in [0.2, 0.25) is 0 Å². The number of carbonyl (C=O) groups is 2. The molecule has 3 aliphatic rings. The Labute approximate surface area is 193 Å². The maximum Gasteiger partial charge on any atom is 0.326 e. The number of aromatic nitrogens is 1. The first-order valence-corrected chi connectivity index (χ1v) is 12.5. The molecule has 1 spiro atoms. The minimum absolute atomic E-state index is 0.0287. The smallest absolute Gasteiger partial charge is 0.323 e. The zero-order chi connectivity index (χ0) is 22.5. The second-order valence-electron chi connectivity index (χ2n) is 10.7. The van der Waals surface area contributed by atoms with E-state index in [0.717, 1.165) is 62.5 Å². The van der Waals surface area contributed by atoms with Gasteiger partial charge in [-0.15, -0.1) is 11.3 Å². The van der Waals surface area contributed by atoms with Crippen molar-refractivity contribution < 1.29 is 9.59 Å². The van der Waals surface area contributed by atoms with Gasteiger partial charge in [-0.25, -0.2) is 14.7 Å². The quantitative estimate of drug-likeness (QED) is 0.715. The number of carbonyl (C=O) groups excluding carboxylic acids is 2. The molecular formula is C24H33N5O2S. The Morgan fingerprint density at radius 2 is 1.81 bits per heavy atom. The summed E-state index contributed by atoms with van der Waals surface area (Å²) in [5.74, 6) is 0.396. The molecule has 2 saturated heterocycles. The van der Waals surface area contributed by atoms with Gasteiger partial charge >= 0.3 is 6.03 Å². The van der Waals surface area contributed by atoms with Gasteiger partial charge in [-0.05, 0) is 42.7 Å². The number of fused-ring (bicyclic) bond motifs is 1. The van der Waals surface area contributed by atoms with E-state index in [-0.39, 0.29) is 17.4 Å². The van der Waals surface area contributed by atoms with Crippen LogP contribution in [0.4, 0.5) is 4.79 Å². The molecule has 7 nitrogen and oxygen atoms in total. The highest BCUT2D eigenvalue weighted by atomic mass is 32.1. The fourth-order valence-electron chi connectivity index (χ4n) is 6.10. The molecule has 0 bridgehead atoms. The Kier molecular flexibility index (Phi) is 5.50. The normalized spacial score (nSPS) is 29.2. The number of nitrogens with one attached hydrogen (secondary N) is 1. The van der Waals surface area contributed by atoms with E-state index < -0.39 is 5.54 Å². The first-order valence-electron chi connectivity index (χ1n) is 11.7. The van der Waals surface area contributed by atoms with Crippen LogP contribution in [-0.4, -0.2) is 70.0 Å². The maximum atomic E-state index is 13.4. The molecule has 2 unspecified atom stereocenters. The lowest BCUT2D eigenvalue weighted by Crippen LogP contribution is -2.55. The number of nitrogens with zero attached hydrogens (tertiary/aromatic N) is 4. The Bertz CT molecular complexity index is 995. The highest BCUT2D eigenvalue weighted by molar-refractivity contribution is 7.18. The van der Waals surface area contributed by atoms with E-state index in [1.165, 1.54) is 9.60 Å². The minimum Gasteiger partial charge on any atom is -0.323 e. The SMILES string of the molecule is CC1CC(C)(C)CC2(C1)NC(=O)N(CN1CCN(Cc3nc4ccccc4s3)CC1)C2=O. The topological polar surface area (TPSA) is 68.8 Å². The van der Waals surface area contributed by atoms with Crippen LogP contribution < -0.4 is 5.32 Å². The van der Waals surface area contributed by atoms with Gasteiger partial charge in [0.25, 0.3) is 5.91 Å². The summed E-state index contributed by atoms with van der Waals surface area (Å²) in [5, 5.41) is 4.24. The van der Waals surface area contributed by atoms with Crippen molar-refractivity contribution in [3.63, 3.8) is 0 Å². The van der Waals surface area contributed by atoms with Crippen LogP contribution in [0.25, 0.3) is 10.2 Å². The highest BCUT2D eigenvalue weighted by Gasteiger charge is 2.56. The molecule has 172 valence electrons. The van der Waals surface area contributed by atoms with E-state index >= 15 is 0 Å². The molecule has 1 aromatic heterocycles. The molecule has 32 heavy (non-hydrogen) atoms. The van der Waals surface area contributed by atoms with Crippen LogP contribution >= 0.6 is 11.3 Å². The number of imide groups is 1. The summed E-state index contributed by atoms with van der Waals surface area (Å²) in [6, 6.07) is 8.04. The monoisotopic (exact) mass is 455 g/mol. The van der Waals surface area contributed by atoms with E-state index in [1.54, 1.807) is 11.3 Å². The van der Waals surface area contributed by atoms with Crippen LogP contribution in [0, 0.1) is 11.3 Å². The number of urea groups is 1. The lowest BCUT2D eigenvalue weighted by Gasteiger charge is -2.44. The molecule has 0 radical (unpaired) electrons. The van der Waals surface area contributed by atoms with Gasteiger partial charge in [0.05, 0.1) is 23.4 Å². The van der Waals surface area contributed by atoms with Crippen molar-refractivity contribution in [3.8, 4) is 0 Å². The Hall–Kier alpha value is -2.03. The zero-order valence-electron chi connectivity index (χ0n) is 19.3. The van der Waals surface area contributed by atoms with Gasteiger partial charge in [-0.2, -0.15) is 0 Å². The average molecular weight is 456 g/mol. The molecule has 8 heteroatoms. The predicted octanol–water partition coefficient (Wildman–Crippen LogP) is 3.51. The summed E-state index contributed by atoms with van der Waals surface area (Å²) >= 11 is 1.76. The van der Waals surface area contributed by atoms with Crippen LogP contribution in [0.3, 0.4) is 0 Å². The average Bonchev–Trinajstić information content (AvgIpc) is 3.21. The predicted molar refractivity (Wildman–Crippen MR) is 126 cm³/mol. The van der Waals surface area contributed by atoms with Gasteiger partial charge in [-0.3, -0.25) is 14.6 Å². The van der Waals surface area contributed by atoms with Crippen molar-refractivity contribution in [2.75, 3.05) is 32.8 Å². The fourth-order valence-corrected chi connectivity index (χ4v) is 7.11. The van der Waals surface area contributed by atoms with E-state index in [1.807, 2.05) is 6.07 Å². The van der Waals surface area contributed by atoms with Crippen molar-refractivity contribution in [3.05, 3.63) is 29.3 Å². The number of rotatable bonds is 4. The molecule has 2 aliphatic heterocycles. The summed E-state index contributed by atoms with van der Waals surface area (Å²) in [6.45, 7) is 11.4. The molecular weight excluding hydrogens is 422 g/mol. The molecule has 3 heterocycles. The van der Waals surface area contributed by atoms with E-state index in [4.69, 9.17) is 4.98 Å². The summed E-state index contributed by atoms with van der Waals surface area (Å²) < 4.78 is 1.23. The Morgan fingerprint density at radius 3 is 2.53 bits per heavy atom. The third-order valence-corrected chi connectivity index (χ3v) is 8.15. The number of hydrogen-bond acceptors (Lipinski definition) is 6. The second kappa shape index (κ2) is 8.08. The minimum atomic E-state index is -0.715. The number of piperazine rings is 1. The number of amides is 3. The standard InChI is InChI=1S/C24H33N5O2S/c1-17-12-23(2,3)15-24(13-17)21(30)29(22(31)26-24)16-28-10-8-27(9-11-28)14-20-25-18-6-4-5-7-19(18)32-20/h4-7,17H,8-16H2,1-3H3,(H,26,31). The third kappa shape index (κ3) is 4.16. The molecule has 5 rings (SSSR count). The summed E-state index contributed by atoms with van der Waals surface area (Å²) in [6.07, 6.45) is 2.56. The van der Waals surface area contributed by atoms with Crippen molar-refractivity contribution in [1.82, 2.24) is 25.0 Å². The highest BCUT2D eigenvalue weighted by Crippen LogP contribution is 2.46. The van der Waals surface area contributed by atoms with Crippen molar-refractivity contribution >= 4 is 33.5 Å². The zero-order valence-corrected chi connectivity index (χ0v) is 20.1. The largest absolute Gasteiger partial charge is 0.326 e. The lowest BCUT2D eigenvalue weighted by atomic mass is 9.64. The Balaban J connectivity index is 1.18. The number of hydrogen-bond donors (Lipinski definition) is 1. The second-order valence-corrected chi connectivity index (χ2v) is 11.8. The molecule has 1 aliphatic carbocycles. The maximum absolute atomic E-state index is 13.4. The lowest BCUT2D eigenvalue weighted by molar-refractivity contribution is -0.136. The van der Waals surface area contributed by atoms with Crippen LogP contribution in [0.15, 0.2) is 24.3 Å². The van der Waals surface area contributed by atoms with Crippen molar-refractivity contribution in [2.24, 2.45) is 11.3 Å². The van der Waals surface area contributed by atoms with Gasteiger partial charge in [0.2, 0.25) is 0 Å². The first-order chi connectivity index (χ1) is 15.2. The van der Waals surface area contributed by atoms with E-state index in [2.05, 4.69) is 54.1 Å². The van der Waals surface area contributed by atoms with Gasteiger partial charge in [0.15, 0.2) is 0 Å². The van der Waals surface area contributed by atoms with Crippen LogP contribution in [0.1, 0.15) is 45.0 Å². The molecule has 3 amide bonds. The van der Waals surface area contributed by atoms with Crippen LogP contribution in [-0.2, 0) is 11.3 Å². The molecule has 2 aromatic rings. The summed E-state index contributed by atoms with van der Waals surface area (Å²) in [4.78, 5) is 37.0. The number of thiazole rings is 1. The third-order valence-electron chi connectivity index (χ3n) is 7.13. The van der Waals surface area contributed by atoms with E-state index in [0.29, 0.717) is 12.6 Å². The van der Waals surface area contributed by atoms with E-state index in [9.17, 15) is 9.59 Å². The molecule has 3 fully saturated rings. The summed E-state index contributed by atoms with van der Waals surface area (Å²) in [7, 11) is 0. The number of para-hydroxylation sites is 1. The van der Waals surface area contributed by atoms with Gasteiger partial charge in [0.1, 0.15) is 10.5 Å². The molecule has 1 N–H and O–H groups in total. The van der Waals surface area contributed by atoms with Crippen LogP contribution in [0.5, 0.6) is 0 Å². The molecule has 2 atom stereocenters. The number of benzene rings is 1. The van der Waals surface area contributed by atoms with Crippen molar-refractivity contribution in [1.29, 1.82) is 0 Å². The Morgan fingerprint density at radius 1 is 1.09 bits per heavy atom. The van der Waals surface area contributed by atoms with Gasteiger partial charge in [-0.1, -0.05) is 32.9 Å².